The van der Waals surface area contributed by atoms with Crippen LogP contribution in [0.5, 0.6) is 0 Å². The van der Waals surface area contributed by atoms with Gasteiger partial charge in [-0.3, -0.25) is 4.90 Å². The van der Waals surface area contributed by atoms with Gasteiger partial charge in [0.1, 0.15) is 5.60 Å². The van der Waals surface area contributed by atoms with E-state index in [2.05, 4.69) is 0 Å². The second-order valence-corrected chi connectivity index (χ2v) is 4.71. The summed E-state index contributed by atoms with van der Waals surface area (Å²) in [7, 11) is 0. The number of rotatable bonds is 0. The maximum absolute atomic E-state index is 11.7. The average Bonchev–Trinajstić information content (AvgIpc) is 2.15. The molecule has 0 aromatic carbocycles. The minimum atomic E-state index is -0.491. The van der Waals surface area contributed by atoms with Gasteiger partial charge in [0.2, 0.25) is 0 Å². The van der Waals surface area contributed by atoms with Crippen LogP contribution in [0.15, 0.2) is 12.0 Å². The lowest BCUT2D eigenvalue weighted by atomic mass is 10.1. The highest BCUT2D eigenvalue weighted by molar-refractivity contribution is 5.70. The van der Waals surface area contributed by atoms with Crippen molar-refractivity contribution in [1.82, 2.24) is 4.90 Å². The normalized spacial score (nSPS) is 20.5. The van der Waals surface area contributed by atoms with E-state index in [0.717, 1.165) is 25.5 Å². The molecule has 1 aliphatic rings. The molecule has 15 heavy (non-hydrogen) atoms. The maximum Gasteiger partial charge on any atom is 0.414 e. The predicted octanol–water partition coefficient (Wildman–Crippen LogP) is 2.81. The van der Waals surface area contributed by atoms with Gasteiger partial charge < -0.3 is 9.84 Å². The topological polar surface area (TPSA) is 49.8 Å². The zero-order valence-corrected chi connectivity index (χ0v) is 9.62. The van der Waals surface area contributed by atoms with Crippen LogP contribution in [-0.2, 0) is 4.74 Å². The van der Waals surface area contributed by atoms with Crippen molar-refractivity contribution in [3.05, 3.63) is 12.0 Å². The quantitative estimate of drug-likeness (QED) is 0.629. The number of carbonyl (C=O) groups is 1. The number of aliphatic hydroxyl groups is 1. The maximum atomic E-state index is 11.7. The first-order valence-electron chi connectivity index (χ1n) is 5.28. The van der Waals surface area contributed by atoms with Gasteiger partial charge in [-0.25, -0.2) is 4.79 Å². The number of allylic oxidation sites excluding steroid dienone is 1. The van der Waals surface area contributed by atoms with Crippen LogP contribution in [-0.4, -0.2) is 28.2 Å². The van der Waals surface area contributed by atoms with Crippen LogP contribution in [0.3, 0.4) is 0 Å². The van der Waals surface area contributed by atoms with Gasteiger partial charge in [0.25, 0.3) is 0 Å². The van der Waals surface area contributed by atoms with E-state index >= 15 is 0 Å². The zero-order valence-electron chi connectivity index (χ0n) is 9.62. The molecule has 0 spiro atoms. The van der Waals surface area contributed by atoms with Crippen molar-refractivity contribution >= 4 is 6.09 Å². The molecule has 1 N–H and O–H groups in total. The monoisotopic (exact) mass is 213 g/mol. The molecule has 0 aromatic rings. The lowest BCUT2D eigenvalue weighted by molar-refractivity contribution is 0.0280. The molecule has 1 amide bonds. The summed E-state index contributed by atoms with van der Waals surface area (Å²) < 4.78 is 5.24. The minimum absolute atomic E-state index is 0.373. The van der Waals surface area contributed by atoms with E-state index < -0.39 is 5.60 Å². The number of carbonyl (C=O) groups excluding carboxylic acids is 1. The first kappa shape index (κ1) is 11.9. The molecule has 1 rings (SSSR count). The fraction of sp³-hybridized carbons (Fsp3) is 0.727. The number of hydrogen-bond donors (Lipinski definition) is 1. The lowest BCUT2D eigenvalue weighted by Gasteiger charge is -2.31. The van der Waals surface area contributed by atoms with Crippen LogP contribution in [0.4, 0.5) is 4.79 Å². The summed E-state index contributed by atoms with van der Waals surface area (Å²) in [6.07, 6.45) is 3.32. The molecule has 0 unspecified atom stereocenters. The minimum Gasteiger partial charge on any atom is -0.514 e. The second kappa shape index (κ2) is 4.55. The highest BCUT2D eigenvalue weighted by atomic mass is 16.6. The van der Waals surface area contributed by atoms with Crippen LogP contribution < -0.4 is 0 Å². The molecule has 0 aromatic heterocycles. The molecular weight excluding hydrogens is 194 g/mol. The first-order chi connectivity index (χ1) is 6.94. The number of likely N-dealkylation sites (tertiary alicyclic amines) is 1. The van der Waals surface area contributed by atoms with E-state index in [0.29, 0.717) is 12.2 Å². The summed E-state index contributed by atoms with van der Waals surface area (Å²) in [5, 5.41) is 9.00. The average molecular weight is 213 g/mol. The molecule has 0 atom stereocenters. The van der Waals surface area contributed by atoms with Gasteiger partial charge in [0.05, 0.1) is 12.0 Å². The first-order valence-corrected chi connectivity index (χ1v) is 5.28. The number of aliphatic hydroxyl groups excluding tert-OH is 1. The van der Waals surface area contributed by atoms with Crippen molar-refractivity contribution in [2.75, 3.05) is 6.54 Å². The fourth-order valence-electron chi connectivity index (χ4n) is 1.51. The Morgan fingerprint density at radius 2 is 2.13 bits per heavy atom. The van der Waals surface area contributed by atoms with Gasteiger partial charge in [0.15, 0.2) is 0 Å². The van der Waals surface area contributed by atoms with Crippen molar-refractivity contribution in [1.29, 1.82) is 0 Å². The summed E-state index contributed by atoms with van der Waals surface area (Å²) in [6, 6.07) is 0. The van der Waals surface area contributed by atoms with E-state index in [-0.39, 0.29) is 6.09 Å². The molecule has 0 radical (unpaired) electrons. The van der Waals surface area contributed by atoms with Gasteiger partial charge in [-0.05, 0) is 40.0 Å². The number of hydrogen-bond acceptors (Lipinski definition) is 3. The Balaban J connectivity index is 2.65. The van der Waals surface area contributed by atoms with Crippen LogP contribution in [0.1, 0.15) is 40.0 Å². The zero-order chi connectivity index (χ0) is 11.5. The van der Waals surface area contributed by atoms with Crippen molar-refractivity contribution in [3.63, 3.8) is 0 Å². The molecule has 1 heterocycles. The fourth-order valence-corrected chi connectivity index (χ4v) is 1.51. The van der Waals surface area contributed by atoms with Crippen LogP contribution >= 0.6 is 0 Å². The Bertz CT molecular complexity index is 265. The molecule has 1 aliphatic heterocycles. The summed E-state index contributed by atoms with van der Waals surface area (Å²) >= 11 is 0. The van der Waals surface area contributed by atoms with Gasteiger partial charge in [-0.2, -0.15) is 0 Å². The van der Waals surface area contributed by atoms with Crippen LogP contribution in [0, 0.1) is 0 Å². The molecule has 4 heteroatoms. The molecule has 4 nitrogen and oxygen atoms in total. The Morgan fingerprint density at radius 1 is 1.47 bits per heavy atom. The Labute approximate surface area is 90.5 Å². The summed E-state index contributed by atoms with van der Waals surface area (Å²) in [6.45, 7) is 6.12. The highest BCUT2D eigenvalue weighted by Crippen LogP contribution is 2.22. The molecular formula is C11H19NO3. The van der Waals surface area contributed by atoms with Crippen molar-refractivity contribution in [3.8, 4) is 0 Å². The Morgan fingerprint density at radius 3 is 2.67 bits per heavy atom. The number of nitrogens with zero attached hydrogens (tertiary/aromatic N) is 1. The van der Waals surface area contributed by atoms with E-state index in [1.807, 2.05) is 20.8 Å². The van der Waals surface area contributed by atoms with Gasteiger partial charge in [-0.15, -0.1) is 0 Å². The van der Waals surface area contributed by atoms with Crippen molar-refractivity contribution in [2.45, 2.75) is 45.6 Å². The third-order valence-corrected chi connectivity index (χ3v) is 2.17. The number of amides is 1. The van der Waals surface area contributed by atoms with Crippen LogP contribution in [0.25, 0.3) is 0 Å². The Hall–Kier alpha value is -1.19. The molecule has 0 aliphatic carbocycles. The molecule has 0 bridgehead atoms. The molecule has 1 saturated heterocycles. The molecule has 0 saturated carbocycles. The summed E-state index contributed by atoms with van der Waals surface area (Å²) in [5.41, 5.74) is 0.158. The van der Waals surface area contributed by atoms with E-state index in [9.17, 15) is 4.79 Å². The third-order valence-electron chi connectivity index (χ3n) is 2.17. The van der Waals surface area contributed by atoms with Crippen LogP contribution in [0.2, 0.25) is 0 Å². The van der Waals surface area contributed by atoms with Gasteiger partial charge in [-0.1, -0.05) is 0 Å². The molecule has 1 fully saturated rings. The third kappa shape index (κ3) is 3.46. The van der Waals surface area contributed by atoms with Crippen molar-refractivity contribution in [2.24, 2.45) is 0 Å². The van der Waals surface area contributed by atoms with E-state index in [1.165, 1.54) is 4.90 Å². The second-order valence-electron chi connectivity index (χ2n) is 4.71. The molecule has 86 valence electrons. The highest BCUT2D eigenvalue weighted by Gasteiger charge is 2.26. The summed E-state index contributed by atoms with van der Waals surface area (Å²) in [5.74, 6) is 0. The summed E-state index contributed by atoms with van der Waals surface area (Å²) in [4.78, 5) is 13.2. The predicted molar refractivity (Wildman–Crippen MR) is 57.5 cm³/mol. The van der Waals surface area contributed by atoms with Gasteiger partial charge in [0, 0.05) is 6.54 Å². The van der Waals surface area contributed by atoms with E-state index in [4.69, 9.17) is 9.84 Å². The van der Waals surface area contributed by atoms with E-state index in [1.54, 1.807) is 0 Å². The standard InChI is InChI=1S/C11H19NO3/c1-11(2,3)15-10(14)12-7-5-4-6-9(12)8-13/h8,13H,4-7H2,1-3H3/b9-8-. The van der Waals surface area contributed by atoms with Gasteiger partial charge >= 0.3 is 6.09 Å². The smallest absolute Gasteiger partial charge is 0.414 e. The largest absolute Gasteiger partial charge is 0.514 e. The SMILES string of the molecule is CC(C)(C)OC(=O)N1CCCC/C1=C/O. The van der Waals surface area contributed by atoms with Crippen molar-refractivity contribution < 1.29 is 14.6 Å². The number of ether oxygens (including phenoxy) is 1. The Kier molecular flexibility index (Phi) is 3.61. The lowest BCUT2D eigenvalue weighted by Crippen LogP contribution is -2.38. The number of piperidine rings is 1.